The number of nitrogens with zero attached hydrogens (tertiary/aromatic N) is 1. The Bertz CT molecular complexity index is 632. The number of allylic oxidation sites excluding steroid dienone is 2. The number of rotatable bonds is 3. The van der Waals surface area contributed by atoms with Gasteiger partial charge in [0.05, 0.1) is 0 Å². The normalized spacial score (nSPS) is 22.1. The van der Waals surface area contributed by atoms with Crippen molar-refractivity contribution in [2.45, 2.75) is 31.7 Å². The highest BCUT2D eigenvalue weighted by Crippen LogP contribution is 2.44. The summed E-state index contributed by atoms with van der Waals surface area (Å²) in [4.78, 5) is 0. The Kier molecular flexibility index (Phi) is 2.44. The van der Waals surface area contributed by atoms with Crippen molar-refractivity contribution in [2.75, 3.05) is 0 Å². The minimum Gasteiger partial charge on any atom is -0.340 e. The fraction of sp³-hybridized carbons (Fsp3) is 0.294. The van der Waals surface area contributed by atoms with Crippen molar-refractivity contribution in [3.63, 3.8) is 0 Å². The van der Waals surface area contributed by atoms with E-state index in [1.165, 1.54) is 28.6 Å². The van der Waals surface area contributed by atoms with Crippen LogP contribution >= 0.6 is 0 Å². The van der Waals surface area contributed by atoms with Crippen molar-refractivity contribution in [1.29, 1.82) is 0 Å². The van der Waals surface area contributed by atoms with Crippen molar-refractivity contribution in [1.82, 2.24) is 4.57 Å². The predicted molar refractivity (Wildman–Crippen MR) is 78.0 cm³/mol. The van der Waals surface area contributed by atoms with Gasteiger partial charge < -0.3 is 4.57 Å². The Balaban J connectivity index is 2.39. The third-order valence-electron chi connectivity index (χ3n) is 4.27. The number of benzene rings is 1. The summed E-state index contributed by atoms with van der Waals surface area (Å²) in [5, 5.41) is 1.40. The highest BCUT2D eigenvalue weighted by atomic mass is 15.0. The molecule has 0 fully saturated rings. The first-order chi connectivity index (χ1) is 8.71. The van der Waals surface area contributed by atoms with Crippen LogP contribution in [-0.4, -0.2) is 4.57 Å². The minimum absolute atomic E-state index is 0.108. The minimum atomic E-state index is 0.108. The van der Waals surface area contributed by atoms with E-state index >= 15 is 0 Å². The standard InChI is InChI=1S/C17H19N/c1-4-12-18-15-9-7-6-8-13(15)14-10-11-17(3,5-2)16(14)18/h4-9H,1-2,10-12H2,3H3/t17-/m1/s1. The molecule has 1 aliphatic rings. The average molecular weight is 237 g/mol. The Morgan fingerprint density at radius 3 is 2.83 bits per heavy atom. The molecule has 1 heterocycles. The molecule has 1 nitrogen and oxygen atoms in total. The van der Waals surface area contributed by atoms with Crippen LogP contribution in [-0.2, 0) is 18.4 Å². The zero-order chi connectivity index (χ0) is 12.8. The molecule has 0 saturated carbocycles. The number of aryl methyl sites for hydroxylation is 1. The van der Waals surface area contributed by atoms with Gasteiger partial charge in [-0.1, -0.05) is 37.3 Å². The largest absolute Gasteiger partial charge is 0.340 e. The molecule has 1 aliphatic carbocycles. The summed E-state index contributed by atoms with van der Waals surface area (Å²) in [5.74, 6) is 0. The molecule has 18 heavy (non-hydrogen) atoms. The van der Waals surface area contributed by atoms with Crippen LogP contribution in [0.25, 0.3) is 10.9 Å². The zero-order valence-electron chi connectivity index (χ0n) is 10.9. The second-order valence-electron chi connectivity index (χ2n) is 5.37. The van der Waals surface area contributed by atoms with Gasteiger partial charge in [-0.15, -0.1) is 13.2 Å². The van der Waals surface area contributed by atoms with Crippen LogP contribution in [0.4, 0.5) is 0 Å². The van der Waals surface area contributed by atoms with Crippen LogP contribution in [0.15, 0.2) is 49.6 Å². The molecule has 0 aliphatic heterocycles. The van der Waals surface area contributed by atoms with Crippen molar-refractivity contribution in [2.24, 2.45) is 0 Å². The Hall–Kier alpha value is -1.76. The van der Waals surface area contributed by atoms with Crippen molar-refractivity contribution in [3.8, 4) is 0 Å². The first-order valence-electron chi connectivity index (χ1n) is 6.56. The molecule has 92 valence electrons. The van der Waals surface area contributed by atoms with Gasteiger partial charge in [0.25, 0.3) is 0 Å². The van der Waals surface area contributed by atoms with Gasteiger partial charge >= 0.3 is 0 Å². The molecule has 0 N–H and O–H groups in total. The first-order valence-corrected chi connectivity index (χ1v) is 6.56. The van der Waals surface area contributed by atoms with E-state index in [9.17, 15) is 0 Å². The lowest BCUT2D eigenvalue weighted by Gasteiger charge is -2.23. The third kappa shape index (κ3) is 1.34. The van der Waals surface area contributed by atoms with Crippen molar-refractivity contribution in [3.05, 3.63) is 60.8 Å². The maximum atomic E-state index is 4.05. The molecule has 0 spiro atoms. The van der Waals surface area contributed by atoms with Crippen LogP contribution < -0.4 is 0 Å². The van der Waals surface area contributed by atoms with Crippen LogP contribution in [0.3, 0.4) is 0 Å². The maximum Gasteiger partial charge on any atom is 0.0488 e. The van der Waals surface area contributed by atoms with Crippen molar-refractivity contribution < 1.29 is 0 Å². The molecule has 1 heteroatoms. The van der Waals surface area contributed by atoms with Gasteiger partial charge in [-0.05, 0) is 24.5 Å². The smallest absolute Gasteiger partial charge is 0.0488 e. The molecule has 0 radical (unpaired) electrons. The predicted octanol–water partition coefficient (Wildman–Crippen LogP) is 4.22. The first kappa shape index (κ1) is 11.3. The van der Waals surface area contributed by atoms with E-state index in [1.54, 1.807) is 0 Å². The number of aromatic nitrogens is 1. The SMILES string of the molecule is C=CCn1c2c(c3ccccc31)CC[C@@]2(C)C=C. The molecule has 1 aromatic heterocycles. The van der Waals surface area contributed by atoms with Crippen LogP contribution in [0, 0.1) is 0 Å². The average Bonchev–Trinajstić information content (AvgIpc) is 2.90. The summed E-state index contributed by atoms with van der Waals surface area (Å²) >= 11 is 0. The van der Waals surface area contributed by atoms with Gasteiger partial charge in [-0.25, -0.2) is 0 Å². The second-order valence-corrected chi connectivity index (χ2v) is 5.37. The summed E-state index contributed by atoms with van der Waals surface area (Å²) < 4.78 is 2.41. The van der Waals surface area contributed by atoms with Gasteiger partial charge in [0, 0.05) is 28.6 Å². The lowest BCUT2D eigenvalue weighted by molar-refractivity contribution is 0.549. The number of para-hydroxylation sites is 1. The quantitative estimate of drug-likeness (QED) is 0.704. The molecular weight excluding hydrogens is 218 g/mol. The number of fused-ring (bicyclic) bond motifs is 3. The third-order valence-corrected chi connectivity index (χ3v) is 4.27. The van der Waals surface area contributed by atoms with E-state index in [0.717, 1.165) is 13.0 Å². The van der Waals surface area contributed by atoms with E-state index in [-0.39, 0.29) is 5.41 Å². The zero-order valence-corrected chi connectivity index (χ0v) is 10.9. The number of hydrogen-bond acceptors (Lipinski definition) is 0. The van der Waals surface area contributed by atoms with Gasteiger partial charge in [-0.2, -0.15) is 0 Å². The van der Waals surface area contributed by atoms with Crippen LogP contribution in [0.2, 0.25) is 0 Å². The summed E-state index contributed by atoms with van der Waals surface area (Å²) in [6, 6.07) is 8.69. The Morgan fingerprint density at radius 1 is 1.33 bits per heavy atom. The van der Waals surface area contributed by atoms with Gasteiger partial charge in [-0.3, -0.25) is 0 Å². The lowest BCUT2D eigenvalue weighted by Crippen LogP contribution is -2.19. The molecule has 2 aromatic rings. The highest BCUT2D eigenvalue weighted by molar-refractivity contribution is 5.87. The topological polar surface area (TPSA) is 4.93 Å². The van der Waals surface area contributed by atoms with Gasteiger partial charge in [0.2, 0.25) is 0 Å². The van der Waals surface area contributed by atoms with E-state index in [0.29, 0.717) is 0 Å². The van der Waals surface area contributed by atoms with Gasteiger partial charge in [0.15, 0.2) is 0 Å². The van der Waals surface area contributed by atoms with Crippen LogP contribution in [0.5, 0.6) is 0 Å². The summed E-state index contributed by atoms with van der Waals surface area (Å²) in [5.41, 5.74) is 4.39. The highest BCUT2D eigenvalue weighted by Gasteiger charge is 2.36. The summed E-state index contributed by atoms with van der Waals surface area (Å²) in [6.07, 6.45) is 6.41. The molecule has 1 atom stereocenters. The molecule has 0 amide bonds. The van der Waals surface area contributed by atoms with E-state index < -0.39 is 0 Å². The monoisotopic (exact) mass is 237 g/mol. The Morgan fingerprint density at radius 2 is 2.11 bits per heavy atom. The van der Waals surface area contributed by atoms with E-state index in [4.69, 9.17) is 0 Å². The summed E-state index contributed by atoms with van der Waals surface area (Å²) in [7, 11) is 0. The fourth-order valence-corrected chi connectivity index (χ4v) is 3.30. The molecule has 3 rings (SSSR count). The van der Waals surface area contributed by atoms with E-state index in [2.05, 4.69) is 55.0 Å². The summed E-state index contributed by atoms with van der Waals surface area (Å²) in [6.45, 7) is 11.1. The van der Waals surface area contributed by atoms with E-state index in [1.807, 2.05) is 6.08 Å². The molecule has 0 bridgehead atoms. The van der Waals surface area contributed by atoms with Gasteiger partial charge in [0.1, 0.15) is 0 Å². The lowest BCUT2D eigenvalue weighted by atomic mass is 9.88. The molecule has 0 unspecified atom stereocenters. The second kappa shape index (κ2) is 3.88. The molecular formula is C17H19N. The molecule has 0 saturated heterocycles. The van der Waals surface area contributed by atoms with Crippen molar-refractivity contribution >= 4 is 10.9 Å². The maximum absolute atomic E-state index is 4.05. The van der Waals surface area contributed by atoms with Crippen LogP contribution in [0.1, 0.15) is 24.6 Å². The molecule has 1 aromatic carbocycles. The fourth-order valence-electron chi connectivity index (χ4n) is 3.30. The number of hydrogen-bond donors (Lipinski definition) is 0. The Labute approximate surface area is 108 Å².